The van der Waals surface area contributed by atoms with E-state index < -0.39 is 47.6 Å². The number of ketones is 1. The summed E-state index contributed by atoms with van der Waals surface area (Å²) in [5.74, 6) is -0.149. The van der Waals surface area contributed by atoms with Crippen LogP contribution >= 0.6 is 0 Å². The van der Waals surface area contributed by atoms with Crippen LogP contribution in [0.5, 0.6) is 0 Å². The fourth-order valence-corrected chi connectivity index (χ4v) is 4.50. The number of hydrogen-bond donors (Lipinski definition) is 7. The molecule has 0 spiro atoms. The highest BCUT2D eigenvalue weighted by Crippen LogP contribution is 2.50. The molecule has 27 heavy (non-hydrogen) atoms. The fraction of sp³-hybridized carbons (Fsp3) is 0.556. The van der Waals surface area contributed by atoms with Crippen molar-refractivity contribution in [1.29, 1.82) is 0 Å². The van der Waals surface area contributed by atoms with Gasteiger partial charge >= 0.3 is 6.03 Å². The van der Waals surface area contributed by atoms with Gasteiger partial charge in [-0.25, -0.2) is 4.79 Å². The SMILES string of the molecule is CC(=O)c1cccc(NC2[C@@H]3NC(=O)N[C@]3(C(C)O)[C@@](C)(O)[C@@]2(O)CO)c1. The molecule has 1 aromatic carbocycles. The molecule has 1 saturated carbocycles. The van der Waals surface area contributed by atoms with E-state index in [2.05, 4.69) is 16.0 Å². The molecule has 0 radical (unpaired) electrons. The van der Waals surface area contributed by atoms with Crippen molar-refractivity contribution >= 4 is 17.5 Å². The molecule has 0 aromatic heterocycles. The number of rotatable bonds is 5. The summed E-state index contributed by atoms with van der Waals surface area (Å²) >= 11 is 0. The maximum atomic E-state index is 12.0. The van der Waals surface area contributed by atoms with E-state index in [1.807, 2.05) is 0 Å². The van der Waals surface area contributed by atoms with Crippen LogP contribution in [0.2, 0.25) is 0 Å². The number of amides is 2. The Kier molecular flexibility index (Phi) is 4.47. The van der Waals surface area contributed by atoms with Crippen molar-refractivity contribution in [1.82, 2.24) is 10.6 Å². The zero-order valence-corrected chi connectivity index (χ0v) is 15.4. The number of nitrogens with one attached hydrogen (secondary N) is 3. The summed E-state index contributed by atoms with van der Waals surface area (Å²) in [6, 6.07) is 3.90. The second-order valence-electron chi connectivity index (χ2n) is 7.53. The van der Waals surface area contributed by atoms with Gasteiger partial charge in [-0.1, -0.05) is 12.1 Å². The lowest BCUT2D eigenvalue weighted by Gasteiger charge is -2.46. The van der Waals surface area contributed by atoms with Crippen molar-refractivity contribution in [3.63, 3.8) is 0 Å². The number of fused-ring (bicyclic) bond motifs is 1. The molecule has 9 heteroatoms. The number of carbonyl (C=O) groups is 2. The van der Waals surface area contributed by atoms with E-state index in [1.54, 1.807) is 24.3 Å². The molecule has 1 aromatic rings. The third-order valence-corrected chi connectivity index (χ3v) is 6.09. The van der Waals surface area contributed by atoms with Gasteiger partial charge in [-0.2, -0.15) is 0 Å². The van der Waals surface area contributed by atoms with Gasteiger partial charge in [-0.3, -0.25) is 4.79 Å². The zero-order chi connectivity index (χ0) is 20.2. The predicted octanol–water partition coefficient (Wildman–Crippen LogP) is -1.04. The van der Waals surface area contributed by atoms with Gasteiger partial charge < -0.3 is 36.4 Å². The predicted molar refractivity (Wildman–Crippen MR) is 96.4 cm³/mol. The van der Waals surface area contributed by atoms with Gasteiger partial charge in [0.05, 0.1) is 24.8 Å². The minimum absolute atomic E-state index is 0.149. The smallest absolute Gasteiger partial charge is 0.315 e. The van der Waals surface area contributed by atoms with Gasteiger partial charge in [0, 0.05) is 11.3 Å². The van der Waals surface area contributed by atoms with Crippen LogP contribution in [-0.4, -0.2) is 73.8 Å². The van der Waals surface area contributed by atoms with Crippen molar-refractivity contribution < 1.29 is 30.0 Å². The van der Waals surface area contributed by atoms with Crippen molar-refractivity contribution in [3.05, 3.63) is 29.8 Å². The first-order valence-electron chi connectivity index (χ1n) is 8.71. The molecule has 2 amide bonds. The number of hydrogen-bond acceptors (Lipinski definition) is 7. The maximum Gasteiger partial charge on any atom is 0.315 e. The van der Waals surface area contributed by atoms with Crippen LogP contribution < -0.4 is 16.0 Å². The lowest BCUT2D eigenvalue weighted by Crippen LogP contribution is -2.72. The van der Waals surface area contributed by atoms with E-state index in [1.165, 1.54) is 20.8 Å². The number of aliphatic hydroxyl groups is 4. The quantitative estimate of drug-likeness (QED) is 0.323. The zero-order valence-electron chi connectivity index (χ0n) is 15.4. The van der Waals surface area contributed by atoms with Crippen LogP contribution in [0.25, 0.3) is 0 Å². The molecule has 7 N–H and O–H groups in total. The molecule has 148 valence electrons. The van der Waals surface area contributed by atoms with Crippen molar-refractivity contribution in [2.45, 2.75) is 55.7 Å². The molecule has 3 rings (SSSR count). The Bertz CT molecular complexity index is 782. The molecule has 2 unspecified atom stereocenters. The Balaban J connectivity index is 2.09. The Hall–Kier alpha value is -2.20. The van der Waals surface area contributed by atoms with E-state index in [0.717, 1.165) is 0 Å². The number of carbonyl (C=O) groups excluding carboxylic acids is 2. The molecule has 1 saturated heterocycles. The van der Waals surface area contributed by atoms with Crippen LogP contribution in [0.1, 0.15) is 31.1 Å². The minimum atomic E-state index is -2.11. The summed E-state index contributed by atoms with van der Waals surface area (Å²) in [6.45, 7) is 3.25. The van der Waals surface area contributed by atoms with E-state index >= 15 is 0 Å². The normalized spacial score (nSPS) is 38.7. The third kappa shape index (κ3) is 2.46. The number of anilines is 1. The first-order valence-corrected chi connectivity index (χ1v) is 8.71. The highest BCUT2D eigenvalue weighted by Gasteiger charge is 2.78. The molecule has 2 fully saturated rings. The van der Waals surface area contributed by atoms with Gasteiger partial charge in [0.2, 0.25) is 0 Å². The Morgan fingerprint density at radius 2 is 2.04 bits per heavy atom. The summed E-state index contributed by atoms with van der Waals surface area (Å²) in [5.41, 5.74) is -4.94. The number of urea groups is 1. The summed E-state index contributed by atoms with van der Waals surface area (Å²) in [5, 5.41) is 50.9. The largest absolute Gasteiger partial charge is 0.393 e. The first kappa shape index (κ1) is 19.6. The van der Waals surface area contributed by atoms with Crippen LogP contribution in [0, 0.1) is 0 Å². The Labute approximate surface area is 156 Å². The molecule has 1 aliphatic heterocycles. The van der Waals surface area contributed by atoms with Crippen LogP contribution in [-0.2, 0) is 0 Å². The van der Waals surface area contributed by atoms with Crippen LogP contribution in [0.3, 0.4) is 0 Å². The second-order valence-corrected chi connectivity index (χ2v) is 7.53. The standard InChI is InChI=1S/C18H25N3O6/c1-9(23)11-5-4-6-12(7-11)19-13-14-18(10(2)24,21-15(25)20-14)16(3,26)17(13,27)8-22/h4-7,10,13-14,19,22,24,26-27H,8H2,1-3H3,(H2,20,21,25)/t10?,13?,14-,16-,17+,18-/m0/s1. The first-order chi connectivity index (χ1) is 12.5. The van der Waals surface area contributed by atoms with Gasteiger partial charge in [0.25, 0.3) is 0 Å². The molecule has 2 aliphatic rings. The summed E-state index contributed by atoms with van der Waals surface area (Å²) in [6.07, 6.45) is -1.25. The minimum Gasteiger partial charge on any atom is -0.393 e. The topological polar surface area (TPSA) is 151 Å². The summed E-state index contributed by atoms with van der Waals surface area (Å²) in [4.78, 5) is 23.7. The Morgan fingerprint density at radius 1 is 1.37 bits per heavy atom. The van der Waals surface area contributed by atoms with E-state index in [9.17, 15) is 30.0 Å². The lowest BCUT2D eigenvalue weighted by atomic mass is 9.74. The fourth-order valence-electron chi connectivity index (χ4n) is 4.50. The second kappa shape index (κ2) is 6.16. The highest BCUT2D eigenvalue weighted by atomic mass is 16.4. The number of Topliss-reactive ketones (excluding diaryl/α,β-unsaturated/α-hetero) is 1. The number of aliphatic hydroxyl groups excluding tert-OH is 2. The van der Waals surface area contributed by atoms with Gasteiger partial charge in [0.15, 0.2) is 5.78 Å². The number of benzene rings is 1. The molecule has 1 heterocycles. The molecule has 6 atom stereocenters. The van der Waals surface area contributed by atoms with Gasteiger partial charge in [0.1, 0.15) is 16.7 Å². The highest BCUT2D eigenvalue weighted by molar-refractivity contribution is 5.95. The Morgan fingerprint density at radius 3 is 2.59 bits per heavy atom. The maximum absolute atomic E-state index is 12.0. The average Bonchev–Trinajstić information content (AvgIpc) is 3.02. The molecule has 1 aliphatic carbocycles. The molecule has 0 bridgehead atoms. The summed E-state index contributed by atoms with van der Waals surface area (Å²) in [7, 11) is 0. The lowest BCUT2D eigenvalue weighted by molar-refractivity contribution is -0.183. The van der Waals surface area contributed by atoms with Crippen molar-refractivity contribution in [2.75, 3.05) is 11.9 Å². The van der Waals surface area contributed by atoms with Crippen molar-refractivity contribution in [2.24, 2.45) is 0 Å². The van der Waals surface area contributed by atoms with E-state index in [0.29, 0.717) is 11.3 Å². The van der Waals surface area contributed by atoms with E-state index in [-0.39, 0.29) is 5.78 Å². The van der Waals surface area contributed by atoms with E-state index in [4.69, 9.17) is 0 Å². The average molecular weight is 379 g/mol. The molecular formula is C18H25N3O6. The van der Waals surface area contributed by atoms with Crippen molar-refractivity contribution in [3.8, 4) is 0 Å². The molecule has 9 nitrogen and oxygen atoms in total. The van der Waals surface area contributed by atoms with Crippen LogP contribution in [0.15, 0.2) is 24.3 Å². The van der Waals surface area contributed by atoms with Gasteiger partial charge in [-0.15, -0.1) is 0 Å². The van der Waals surface area contributed by atoms with Gasteiger partial charge in [-0.05, 0) is 32.9 Å². The monoisotopic (exact) mass is 379 g/mol. The molecular weight excluding hydrogens is 354 g/mol. The third-order valence-electron chi connectivity index (χ3n) is 6.09. The summed E-state index contributed by atoms with van der Waals surface area (Å²) < 4.78 is 0. The van der Waals surface area contributed by atoms with Crippen LogP contribution in [0.4, 0.5) is 10.5 Å².